The molecule has 19 heavy (non-hydrogen) atoms. The van der Waals surface area contributed by atoms with E-state index in [1.807, 2.05) is 6.07 Å². The average Bonchev–Trinajstić information content (AvgIpc) is 2.94. The van der Waals surface area contributed by atoms with Crippen LogP contribution in [0.15, 0.2) is 18.2 Å². The number of halogens is 1. The van der Waals surface area contributed by atoms with Crippen molar-refractivity contribution < 1.29 is 4.79 Å². The van der Waals surface area contributed by atoms with E-state index in [-0.39, 0.29) is 5.91 Å². The molecule has 1 aromatic carbocycles. The zero-order valence-electron chi connectivity index (χ0n) is 9.68. The molecule has 0 saturated heterocycles. The van der Waals surface area contributed by atoms with E-state index < -0.39 is 0 Å². The molecule has 1 N–H and O–H groups in total. The Labute approximate surface area is 121 Å². The van der Waals surface area contributed by atoms with Crippen LogP contribution in [0.2, 0.25) is 5.02 Å². The normalized spacial score (nSPS) is 10.8. The number of nitrogens with zero attached hydrogens (tertiary/aromatic N) is 3. The monoisotopic (exact) mass is 310 g/mol. The van der Waals surface area contributed by atoms with Gasteiger partial charge in [0.25, 0.3) is 5.91 Å². The number of carbonyl (C=O) groups excluding carboxylic acids is 1. The number of hydrogen-bond acceptors (Lipinski definition) is 6. The molecule has 3 aromatic rings. The standard InChI is InChI=1S/C11H7ClN4OS2/c1-5-9(19-16-15-5)10(17)14-11-13-7-4-6(12)2-3-8(7)18-11/h2-4H,1H3,(H,13,14,17). The van der Waals surface area contributed by atoms with E-state index in [1.54, 1.807) is 19.1 Å². The Hall–Kier alpha value is -1.57. The highest BCUT2D eigenvalue weighted by atomic mass is 35.5. The second-order valence-corrected chi connectivity index (χ2v) is 5.99. The molecule has 5 nitrogen and oxygen atoms in total. The lowest BCUT2D eigenvalue weighted by Gasteiger charge is -1.97. The van der Waals surface area contributed by atoms with Crippen LogP contribution >= 0.6 is 34.5 Å². The van der Waals surface area contributed by atoms with Crippen molar-refractivity contribution in [2.24, 2.45) is 0 Å². The van der Waals surface area contributed by atoms with Crippen molar-refractivity contribution in [2.45, 2.75) is 6.92 Å². The molecule has 0 aliphatic heterocycles. The highest BCUT2D eigenvalue weighted by Crippen LogP contribution is 2.28. The van der Waals surface area contributed by atoms with Crippen LogP contribution in [0.4, 0.5) is 5.13 Å². The first-order valence-electron chi connectivity index (χ1n) is 5.30. The largest absolute Gasteiger partial charge is 0.297 e. The Morgan fingerprint density at radius 1 is 1.42 bits per heavy atom. The Morgan fingerprint density at radius 3 is 3.00 bits per heavy atom. The van der Waals surface area contributed by atoms with Crippen LogP contribution in [0, 0.1) is 6.92 Å². The van der Waals surface area contributed by atoms with Gasteiger partial charge in [-0.15, -0.1) is 5.10 Å². The summed E-state index contributed by atoms with van der Waals surface area (Å²) in [6.45, 7) is 1.75. The summed E-state index contributed by atoms with van der Waals surface area (Å²) in [5.41, 5.74) is 1.39. The van der Waals surface area contributed by atoms with Gasteiger partial charge in [0.2, 0.25) is 0 Å². The minimum absolute atomic E-state index is 0.238. The van der Waals surface area contributed by atoms with Gasteiger partial charge >= 0.3 is 0 Å². The van der Waals surface area contributed by atoms with Crippen LogP contribution in [-0.4, -0.2) is 20.5 Å². The zero-order valence-corrected chi connectivity index (χ0v) is 12.1. The van der Waals surface area contributed by atoms with Gasteiger partial charge in [0.05, 0.1) is 15.9 Å². The van der Waals surface area contributed by atoms with E-state index >= 15 is 0 Å². The fraction of sp³-hybridized carbons (Fsp3) is 0.0909. The van der Waals surface area contributed by atoms with Crippen LogP contribution in [0.1, 0.15) is 15.4 Å². The van der Waals surface area contributed by atoms with Gasteiger partial charge in [-0.1, -0.05) is 27.4 Å². The molecular weight excluding hydrogens is 304 g/mol. The molecule has 0 unspecified atom stereocenters. The second-order valence-electron chi connectivity index (χ2n) is 3.77. The topological polar surface area (TPSA) is 67.8 Å². The van der Waals surface area contributed by atoms with E-state index in [9.17, 15) is 4.79 Å². The minimum atomic E-state index is -0.238. The molecule has 0 spiro atoms. The number of aryl methyl sites for hydroxylation is 1. The summed E-state index contributed by atoms with van der Waals surface area (Å²) in [5.74, 6) is -0.238. The van der Waals surface area contributed by atoms with E-state index in [0.717, 1.165) is 21.7 Å². The molecule has 0 aliphatic carbocycles. The molecule has 8 heteroatoms. The van der Waals surface area contributed by atoms with E-state index in [2.05, 4.69) is 19.9 Å². The number of anilines is 1. The highest BCUT2D eigenvalue weighted by molar-refractivity contribution is 7.22. The van der Waals surface area contributed by atoms with Gasteiger partial charge in [-0.2, -0.15) is 0 Å². The van der Waals surface area contributed by atoms with Gasteiger partial charge in [0.15, 0.2) is 5.13 Å². The van der Waals surface area contributed by atoms with Gasteiger partial charge in [-0.25, -0.2) is 4.98 Å². The van der Waals surface area contributed by atoms with E-state index in [1.165, 1.54) is 11.3 Å². The molecule has 0 radical (unpaired) electrons. The lowest BCUT2D eigenvalue weighted by atomic mass is 10.3. The molecule has 0 saturated carbocycles. The van der Waals surface area contributed by atoms with E-state index in [4.69, 9.17) is 11.6 Å². The third-order valence-electron chi connectivity index (χ3n) is 2.43. The van der Waals surface area contributed by atoms with Crippen molar-refractivity contribution in [2.75, 3.05) is 5.32 Å². The number of rotatable bonds is 2. The Kier molecular flexibility index (Phi) is 3.17. The fourth-order valence-electron chi connectivity index (χ4n) is 1.55. The number of carbonyl (C=O) groups is 1. The molecule has 0 fully saturated rings. The number of amides is 1. The summed E-state index contributed by atoms with van der Waals surface area (Å²) >= 11 is 8.37. The first kappa shape index (κ1) is 12.5. The highest BCUT2D eigenvalue weighted by Gasteiger charge is 2.15. The lowest BCUT2D eigenvalue weighted by Crippen LogP contribution is -2.11. The maximum absolute atomic E-state index is 12.0. The van der Waals surface area contributed by atoms with Crippen molar-refractivity contribution in [3.8, 4) is 0 Å². The molecule has 0 bridgehead atoms. The number of nitrogens with one attached hydrogen (secondary N) is 1. The van der Waals surface area contributed by atoms with Gasteiger partial charge < -0.3 is 0 Å². The first-order chi connectivity index (χ1) is 9.13. The maximum Gasteiger partial charge on any atom is 0.271 e. The number of fused-ring (bicyclic) bond motifs is 1. The van der Waals surface area contributed by atoms with E-state index in [0.29, 0.717) is 20.7 Å². The van der Waals surface area contributed by atoms with Crippen molar-refractivity contribution in [3.05, 3.63) is 33.8 Å². The summed E-state index contributed by atoms with van der Waals surface area (Å²) in [6.07, 6.45) is 0. The smallest absolute Gasteiger partial charge is 0.271 e. The Morgan fingerprint density at radius 2 is 2.26 bits per heavy atom. The summed E-state index contributed by atoms with van der Waals surface area (Å²) in [6, 6.07) is 5.44. The zero-order chi connectivity index (χ0) is 13.4. The predicted octanol–water partition coefficient (Wildman–Crippen LogP) is 3.36. The maximum atomic E-state index is 12.0. The van der Waals surface area contributed by atoms with Crippen LogP contribution in [0.5, 0.6) is 0 Å². The number of benzene rings is 1. The first-order valence-corrected chi connectivity index (χ1v) is 7.26. The van der Waals surface area contributed by atoms with Gasteiger partial charge in [0, 0.05) is 5.02 Å². The van der Waals surface area contributed by atoms with Crippen molar-refractivity contribution in [1.29, 1.82) is 0 Å². The van der Waals surface area contributed by atoms with Crippen molar-refractivity contribution in [1.82, 2.24) is 14.6 Å². The molecule has 2 aromatic heterocycles. The quantitative estimate of drug-likeness (QED) is 0.788. The summed E-state index contributed by atoms with van der Waals surface area (Å²) in [7, 11) is 0. The van der Waals surface area contributed by atoms with Gasteiger partial charge in [0.1, 0.15) is 4.88 Å². The van der Waals surface area contributed by atoms with Crippen molar-refractivity contribution in [3.63, 3.8) is 0 Å². The fourth-order valence-corrected chi connectivity index (χ4v) is 3.11. The molecule has 3 rings (SSSR count). The summed E-state index contributed by atoms with van der Waals surface area (Å²) in [4.78, 5) is 16.8. The van der Waals surface area contributed by atoms with Crippen LogP contribution in [0.25, 0.3) is 10.2 Å². The van der Waals surface area contributed by atoms with Crippen LogP contribution in [0.3, 0.4) is 0 Å². The van der Waals surface area contributed by atoms with Gasteiger partial charge in [-0.05, 0) is 36.7 Å². The summed E-state index contributed by atoms with van der Waals surface area (Å²) in [5, 5.41) is 7.72. The average molecular weight is 311 g/mol. The molecular formula is C11H7ClN4OS2. The second kappa shape index (κ2) is 4.84. The minimum Gasteiger partial charge on any atom is -0.297 e. The predicted molar refractivity (Wildman–Crippen MR) is 77.2 cm³/mol. The molecule has 2 heterocycles. The summed E-state index contributed by atoms with van der Waals surface area (Å²) < 4.78 is 4.71. The molecule has 0 atom stereocenters. The third-order valence-corrected chi connectivity index (χ3v) is 4.44. The number of hydrogen-bond donors (Lipinski definition) is 1. The SMILES string of the molecule is Cc1nnsc1C(=O)Nc1nc2cc(Cl)ccc2s1. The third kappa shape index (κ3) is 2.44. The number of thiazole rings is 1. The van der Waals surface area contributed by atoms with Crippen molar-refractivity contribution >= 4 is 55.7 Å². The van der Waals surface area contributed by atoms with Crippen LogP contribution in [-0.2, 0) is 0 Å². The molecule has 1 amide bonds. The van der Waals surface area contributed by atoms with Gasteiger partial charge in [-0.3, -0.25) is 10.1 Å². The number of aromatic nitrogens is 3. The van der Waals surface area contributed by atoms with Crippen LogP contribution < -0.4 is 5.32 Å². The molecule has 0 aliphatic rings. The Bertz CT molecular complexity index is 767. The Balaban J connectivity index is 1.89. The molecule has 96 valence electrons. The lowest BCUT2D eigenvalue weighted by molar-refractivity contribution is 0.103.